The van der Waals surface area contributed by atoms with Gasteiger partial charge in [-0.3, -0.25) is 4.90 Å². The Kier molecular flexibility index (Phi) is 6.91. The molecular formula is C25H32N2O3. The molecule has 0 spiro atoms. The lowest BCUT2D eigenvalue weighted by Gasteiger charge is -2.47. The fourth-order valence-electron chi connectivity index (χ4n) is 4.51. The molecule has 0 saturated carbocycles. The number of dihydropyridines is 1. The van der Waals surface area contributed by atoms with Gasteiger partial charge in [0, 0.05) is 43.9 Å². The maximum Gasteiger partial charge on any atom is 0.147 e. The van der Waals surface area contributed by atoms with Crippen LogP contribution in [0.3, 0.4) is 0 Å². The third kappa shape index (κ3) is 5.14. The highest BCUT2D eigenvalue weighted by Gasteiger charge is 2.44. The Morgan fingerprint density at radius 2 is 2.00 bits per heavy atom. The Labute approximate surface area is 179 Å². The lowest BCUT2D eigenvalue weighted by molar-refractivity contribution is -0.0713. The molecule has 5 nitrogen and oxygen atoms in total. The minimum absolute atomic E-state index is 0.175. The average molecular weight is 409 g/mol. The molecule has 5 heteroatoms. The number of ether oxygens (including phenoxy) is 2. The van der Waals surface area contributed by atoms with Gasteiger partial charge in [0.05, 0.1) is 6.61 Å². The average Bonchev–Trinajstić information content (AvgIpc) is 2.77. The highest BCUT2D eigenvalue weighted by molar-refractivity contribution is 5.47. The molecule has 2 atom stereocenters. The summed E-state index contributed by atoms with van der Waals surface area (Å²) < 4.78 is 11.0. The number of nitrogens with one attached hydrogen (secondary N) is 1. The molecule has 3 saturated heterocycles. The summed E-state index contributed by atoms with van der Waals surface area (Å²) >= 11 is 0. The molecule has 4 aliphatic rings. The smallest absolute Gasteiger partial charge is 0.147 e. The van der Waals surface area contributed by atoms with E-state index in [4.69, 9.17) is 9.47 Å². The van der Waals surface area contributed by atoms with E-state index in [1.165, 1.54) is 5.56 Å². The number of benzene rings is 1. The van der Waals surface area contributed by atoms with Crippen molar-refractivity contribution in [1.82, 2.24) is 10.2 Å². The zero-order valence-electron chi connectivity index (χ0n) is 17.8. The molecule has 4 aliphatic heterocycles. The van der Waals surface area contributed by atoms with Crippen molar-refractivity contribution >= 4 is 0 Å². The van der Waals surface area contributed by atoms with Crippen LogP contribution in [0.15, 0.2) is 53.8 Å². The molecule has 4 heterocycles. The van der Waals surface area contributed by atoms with Crippen molar-refractivity contribution in [3.63, 3.8) is 0 Å². The zero-order valence-corrected chi connectivity index (χ0v) is 17.8. The summed E-state index contributed by atoms with van der Waals surface area (Å²) in [5.41, 5.74) is 2.29. The van der Waals surface area contributed by atoms with Crippen LogP contribution in [-0.2, 0) is 15.9 Å². The van der Waals surface area contributed by atoms with Crippen LogP contribution >= 0.6 is 0 Å². The molecule has 0 radical (unpaired) electrons. The van der Waals surface area contributed by atoms with Gasteiger partial charge in [-0.2, -0.15) is 0 Å². The number of fused-ring (bicyclic) bond motifs is 3. The van der Waals surface area contributed by atoms with Crippen molar-refractivity contribution in [3.8, 4) is 11.8 Å². The largest absolute Gasteiger partial charge is 0.385 e. The van der Waals surface area contributed by atoms with Crippen molar-refractivity contribution in [1.29, 1.82) is 0 Å². The summed E-state index contributed by atoms with van der Waals surface area (Å²) in [6.07, 6.45) is 7.54. The molecule has 160 valence electrons. The van der Waals surface area contributed by atoms with Gasteiger partial charge in [-0.25, -0.2) is 0 Å². The lowest BCUT2D eigenvalue weighted by atomic mass is 9.75. The zero-order chi connectivity index (χ0) is 20.8. The van der Waals surface area contributed by atoms with Gasteiger partial charge < -0.3 is 19.9 Å². The standard InChI is InChI=1S/C25H32N2O3/c1-29-16-5-17-30-24-9-8-21(23(26-24)18-20-6-3-2-4-7-20)10-13-25(28)19-27-14-11-22(25)12-15-27/h2-4,6-9,22,24,26,28H,5,11-12,14-19H2,1H3. The van der Waals surface area contributed by atoms with Crippen LogP contribution in [0.2, 0.25) is 0 Å². The Morgan fingerprint density at radius 1 is 1.20 bits per heavy atom. The van der Waals surface area contributed by atoms with Crippen molar-refractivity contribution in [3.05, 3.63) is 59.3 Å². The summed E-state index contributed by atoms with van der Waals surface area (Å²) in [5, 5.41) is 14.7. The predicted octanol–water partition coefficient (Wildman–Crippen LogP) is 2.48. The monoisotopic (exact) mass is 408 g/mol. The number of allylic oxidation sites excluding steroid dienone is 3. The first-order valence-corrected chi connectivity index (χ1v) is 11.0. The molecule has 0 aromatic heterocycles. The molecule has 1 aromatic rings. The normalized spacial score (nSPS) is 30.0. The van der Waals surface area contributed by atoms with Crippen LogP contribution in [0.1, 0.15) is 24.8 Å². The van der Waals surface area contributed by atoms with Crippen molar-refractivity contribution in [2.24, 2.45) is 5.92 Å². The van der Waals surface area contributed by atoms with Gasteiger partial charge in [0.25, 0.3) is 0 Å². The molecule has 2 N–H and O–H groups in total. The van der Waals surface area contributed by atoms with Crippen LogP contribution < -0.4 is 5.32 Å². The molecule has 0 aliphatic carbocycles. The second kappa shape index (κ2) is 9.80. The van der Waals surface area contributed by atoms with Gasteiger partial charge >= 0.3 is 0 Å². The quantitative estimate of drug-likeness (QED) is 0.536. The fraction of sp³-hybridized carbons (Fsp3) is 0.520. The van der Waals surface area contributed by atoms with E-state index in [0.717, 1.165) is 50.0 Å². The highest BCUT2D eigenvalue weighted by atomic mass is 16.5. The fourth-order valence-corrected chi connectivity index (χ4v) is 4.51. The lowest BCUT2D eigenvalue weighted by Crippen LogP contribution is -2.58. The first-order chi connectivity index (χ1) is 14.7. The van der Waals surface area contributed by atoms with E-state index in [9.17, 15) is 5.11 Å². The maximum absolute atomic E-state index is 11.2. The Balaban J connectivity index is 1.51. The van der Waals surface area contributed by atoms with Crippen molar-refractivity contribution in [2.75, 3.05) is 40.0 Å². The molecule has 2 bridgehead atoms. The highest BCUT2D eigenvalue weighted by Crippen LogP contribution is 2.35. The van der Waals surface area contributed by atoms with Gasteiger partial charge in [-0.1, -0.05) is 42.2 Å². The molecule has 5 rings (SSSR count). The van der Waals surface area contributed by atoms with Gasteiger partial charge in [-0.15, -0.1) is 0 Å². The maximum atomic E-state index is 11.2. The van der Waals surface area contributed by atoms with Crippen LogP contribution in [0, 0.1) is 17.8 Å². The van der Waals surface area contributed by atoms with Gasteiger partial charge in [0.15, 0.2) is 0 Å². The first kappa shape index (κ1) is 21.1. The predicted molar refractivity (Wildman–Crippen MR) is 118 cm³/mol. The number of aliphatic hydroxyl groups is 1. The molecule has 2 unspecified atom stereocenters. The summed E-state index contributed by atoms with van der Waals surface area (Å²) in [5.74, 6) is 6.84. The van der Waals surface area contributed by atoms with E-state index in [2.05, 4.69) is 46.3 Å². The van der Waals surface area contributed by atoms with Gasteiger partial charge in [0.2, 0.25) is 0 Å². The summed E-state index contributed by atoms with van der Waals surface area (Å²) in [6, 6.07) is 10.4. The number of rotatable bonds is 7. The number of hydrogen-bond donors (Lipinski definition) is 2. The molecule has 0 amide bonds. The molecular weight excluding hydrogens is 376 g/mol. The van der Waals surface area contributed by atoms with Crippen molar-refractivity contribution in [2.45, 2.75) is 37.5 Å². The van der Waals surface area contributed by atoms with Crippen LogP contribution in [-0.4, -0.2) is 61.8 Å². The minimum atomic E-state index is -0.900. The first-order valence-electron chi connectivity index (χ1n) is 11.0. The number of nitrogens with zero attached hydrogens (tertiary/aromatic N) is 1. The minimum Gasteiger partial charge on any atom is -0.385 e. The molecule has 30 heavy (non-hydrogen) atoms. The van der Waals surface area contributed by atoms with Crippen LogP contribution in [0.25, 0.3) is 0 Å². The van der Waals surface area contributed by atoms with E-state index in [1.807, 2.05) is 18.2 Å². The number of hydrogen-bond acceptors (Lipinski definition) is 5. The summed E-state index contributed by atoms with van der Waals surface area (Å²) in [6.45, 7) is 4.15. The number of methoxy groups -OCH3 is 1. The Bertz CT molecular complexity index is 831. The van der Waals surface area contributed by atoms with Gasteiger partial charge in [0.1, 0.15) is 11.8 Å². The third-order valence-corrected chi connectivity index (χ3v) is 6.23. The van der Waals surface area contributed by atoms with Crippen LogP contribution in [0.5, 0.6) is 0 Å². The summed E-state index contributed by atoms with van der Waals surface area (Å²) in [7, 11) is 1.70. The van der Waals surface area contributed by atoms with E-state index in [0.29, 0.717) is 19.8 Å². The third-order valence-electron chi connectivity index (χ3n) is 6.23. The Hall–Kier alpha value is -2.10. The Morgan fingerprint density at radius 3 is 2.70 bits per heavy atom. The second-order valence-electron chi connectivity index (χ2n) is 8.42. The van der Waals surface area contributed by atoms with E-state index < -0.39 is 5.60 Å². The summed E-state index contributed by atoms with van der Waals surface area (Å²) in [4.78, 5) is 2.33. The topological polar surface area (TPSA) is 54.0 Å². The van der Waals surface area contributed by atoms with Crippen LogP contribution in [0.4, 0.5) is 0 Å². The van der Waals surface area contributed by atoms with Crippen molar-refractivity contribution < 1.29 is 14.6 Å². The van der Waals surface area contributed by atoms with E-state index in [1.54, 1.807) is 7.11 Å². The van der Waals surface area contributed by atoms with E-state index in [-0.39, 0.29) is 12.1 Å². The van der Waals surface area contributed by atoms with E-state index >= 15 is 0 Å². The second-order valence-corrected chi connectivity index (χ2v) is 8.42. The molecule has 1 aromatic carbocycles. The van der Waals surface area contributed by atoms with Gasteiger partial charge in [-0.05, 0) is 50.1 Å². The number of piperidine rings is 3. The molecule has 3 fully saturated rings. The SMILES string of the molecule is COCCCOC1C=CC(C#CC2(O)CN3CCC2CC3)=C(Cc2ccccc2)N1.